The smallest absolute Gasteiger partial charge is 0.204 e. The van der Waals surface area contributed by atoms with Crippen LogP contribution in [-0.2, 0) is 0 Å². The van der Waals surface area contributed by atoms with Gasteiger partial charge in [0.05, 0.1) is 37.7 Å². The number of nitrogens with two attached hydrogens (primary N) is 1. The van der Waals surface area contributed by atoms with Crippen LogP contribution in [0.25, 0.3) is 6.08 Å². The van der Waals surface area contributed by atoms with Crippen LogP contribution in [0.5, 0.6) is 17.2 Å². The summed E-state index contributed by atoms with van der Waals surface area (Å²) >= 11 is 6.29. The number of carbonyl (C=O) groups is 1. The maximum atomic E-state index is 12.7. The Labute approximate surface area is 164 Å². The highest BCUT2D eigenvalue weighted by molar-refractivity contribution is 6.47. The third kappa shape index (κ3) is 4.46. The first-order valence-electron chi connectivity index (χ1n) is 8.11. The van der Waals surface area contributed by atoms with Gasteiger partial charge in [-0.15, -0.1) is 0 Å². The molecule has 27 heavy (non-hydrogen) atoms. The summed E-state index contributed by atoms with van der Waals surface area (Å²) in [4.78, 5) is 14.6. The molecule has 0 atom stereocenters. The van der Waals surface area contributed by atoms with Gasteiger partial charge in [0.1, 0.15) is 0 Å². The minimum atomic E-state index is -0.312. The fraction of sp³-hybridized carbons (Fsp3) is 0.250. The molecule has 0 heterocycles. The molecule has 0 aliphatic carbocycles. The lowest BCUT2D eigenvalue weighted by Crippen LogP contribution is -2.12. The fourth-order valence-electron chi connectivity index (χ4n) is 2.61. The number of ketones is 1. The standard InChI is InChI=1S/C20H23ClN2O4/c1-23(2)16-11-13(6-7-15(16)22)19(24)14(21)8-12-9-17(25-3)20(27-5)18(10-12)26-4/h6-11H,22H2,1-5H3. The van der Waals surface area contributed by atoms with E-state index < -0.39 is 0 Å². The van der Waals surface area contributed by atoms with Gasteiger partial charge in [-0.05, 0) is 42.0 Å². The number of hydrogen-bond acceptors (Lipinski definition) is 6. The zero-order chi connectivity index (χ0) is 20.1. The Morgan fingerprint density at radius 2 is 1.63 bits per heavy atom. The molecule has 0 unspecified atom stereocenters. The highest BCUT2D eigenvalue weighted by Crippen LogP contribution is 2.39. The summed E-state index contributed by atoms with van der Waals surface area (Å²) in [7, 11) is 8.28. The molecule has 0 aliphatic heterocycles. The van der Waals surface area contributed by atoms with E-state index in [1.54, 1.807) is 36.4 Å². The van der Waals surface area contributed by atoms with Crippen molar-refractivity contribution in [3.8, 4) is 17.2 Å². The first kappa shape index (κ1) is 20.5. The van der Waals surface area contributed by atoms with E-state index in [9.17, 15) is 4.79 Å². The molecule has 144 valence electrons. The van der Waals surface area contributed by atoms with Crippen molar-refractivity contribution in [3.63, 3.8) is 0 Å². The second kappa shape index (κ2) is 8.68. The summed E-state index contributed by atoms with van der Waals surface area (Å²) in [6, 6.07) is 8.47. The van der Waals surface area contributed by atoms with Crippen molar-refractivity contribution in [2.45, 2.75) is 0 Å². The first-order valence-corrected chi connectivity index (χ1v) is 8.48. The lowest BCUT2D eigenvalue weighted by molar-refractivity contribution is 0.104. The van der Waals surface area contributed by atoms with E-state index in [-0.39, 0.29) is 10.8 Å². The van der Waals surface area contributed by atoms with Crippen LogP contribution in [0.3, 0.4) is 0 Å². The summed E-state index contributed by atoms with van der Waals surface area (Å²) in [6.45, 7) is 0. The Balaban J connectivity index is 2.42. The lowest BCUT2D eigenvalue weighted by atomic mass is 10.1. The second-order valence-corrected chi connectivity index (χ2v) is 6.36. The van der Waals surface area contributed by atoms with Crippen molar-refractivity contribution in [2.75, 3.05) is 46.1 Å². The van der Waals surface area contributed by atoms with Gasteiger partial charge >= 0.3 is 0 Å². The minimum Gasteiger partial charge on any atom is -0.493 e. The molecule has 2 aromatic carbocycles. The molecule has 0 aromatic heterocycles. The number of hydrogen-bond donors (Lipinski definition) is 1. The molecule has 0 bridgehead atoms. The van der Waals surface area contributed by atoms with Crippen LogP contribution < -0.4 is 24.8 Å². The predicted octanol–water partition coefficient (Wildman–Crippen LogP) is 3.82. The number of allylic oxidation sites excluding steroid dienone is 1. The normalized spacial score (nSPS) is 11.1. The number of rotatable bonds is 7. The van der Waals surface area contributed by atoms with E-state index in [4.69, 9.17) is 31.5 Å². The van der Waals surface area contributed by atoms with Crippen LogP contribution in [-0.4, -0.2) is 41.2 Å². The highest BCUT2D eigenvalue weighted by Gasteiger charge is 2.16. The number of methoxy groups -OCH3 is 3. The van der Waals surface area contributed by atoms with Crippen molar-refractivity contribution in [1.82, 2.24) is 0 Å². The van der Waals surface area contributed by atoms with Crippen LogP contribution in [0.1, 0.15) is 15.9 Å². The summed E-state index contributed by atoms with van der Waals surface area (Å²) in [5.74, 6) is 1.10. The third-order valence-corrected chi connectivity index (χ3v) is 4.25. The van der Waals surface area contributed by atoms with E-state index in [1.165, 1.54) is 21.3 Å². The Morgan fingerprint density at radius 1 is 1.04 bits per heavy atom. The van der Waals surface area contributed by atoms with Crippen LogP contribution in [0, 0.1) is 0 Å². The molecular weight excluding hydrogens is 368 g/mol. The summed E-state index contributed by atoms with van der Waals surface area (Å²) in [5.41, 5.74) is 8.36. The Bertz CT molecular complexity index is 853. The molecule has 6 nitrogen and oxygen atoms in total. The van der Waals surface area contributed by atoms with Gasteiger partial charge in [-0.3, -0.25) is 4.79 Å². The minimum absolute atomic E-state index is 0.0544. The van der Waals surface area contributed by atoms with Crippen LogP contribution in [0.15, 0.2) is 35.4 Å². The van der Waals surface area contributed by atoms with E-state index in [0.717, 1.165) is 5.69 Å². The van der Waals surface area contributed by atoms with E-state index in [2.05, 4.69) is 0 Å². The van der Waals surface area contributed by atoms with Gasteiger partial charge in [0.15, 0.2) is 11.5 Å². The first-order chi connectivity index (χ1) is 12.8. The Hall–Kier alpha value is -2.86. The summed E-state index contributed by atoms with van der Waals surface area (Å²) in [5, 5.41) is 0.0544. The number of nitrogens with zero attached hydrogens (tertiary/aromatic N) is 1. The predicted molar refractivity (Wildman–Crippen MR) is 109 cm³/mol. The monoisotopic (exact) mass is 390 g/mol. The molecule has 0 spiro atoms. The van der Waals surface area contributed by atoms with Crippen molar-refractivity contribution in [2.24, 2.45) is 0 Å². The molecule has 0 fully saturated rings. The molecule has 0 saturated heterocycles. The number of Topliss-reactive ketones (excluding diaryl/α,β-unsaturated/α-hetero) is 1. The molecule has 2 rings (SSSR count). The van der Waals surface area contributed by atoms with Gasteiger partial charge in [-0.2, -0.15) is 0 Å². The maximum absolute atomic E-state index is 12.7. The van der Waals surface area contributed by atoms with Gasteiger partial charge in [-0.1, -0.05) is 11.6 Å². The van der Waals surface area contributed by atoms with Crippen molar-refractivity contribution < 1.29 is 19.0 Å². The van der Waals surface area contributed by atoms with E-state index in [1.807, 2.05) is 19.0 Å². The highest BCUT2D eigenvalue weighted by atomic mass is 35.5. The molecule has 0 saturated carbocycles. The van der Waals surface area contributed by atoms with Crippen molar-refractivity contribution in [3.05, 3.63) is 46.5 Å². The number of halogens is 1. The quantitative estimate of drug-likeness (QED) is 0.440. The summed E-state index contributed by atoms with van der Waals surface area (Å²) in [6.07, 6.45) is 1.56. The van der Waals surface area contributed by atoms with Gasteiger partial charge in [0, 0.05) is 19.7 Å². The number of anilines is 2. The average Bonchev–Trinajstić information content (AvgIpc) is 2.66. The molecule has 2 aromatic rings. The van der Waals surface area contributed by atoms with E-state index >= 15 is 0 Å². The van der Waals surface area contributed by atoms with Gasteiger partial charge in [0.2, 0.25) is 11.5 Å². The number of ether oxygens (including phenoxy) is 3. The summed E-state index contributed by atoms with van der Waals surface area (Å²) < 4.78 is 15.9. The zero-order valence-electron chi connectivity index (χ0n) is 16.0. The largest absolute Gasteiger partial charge is 0.493 e. The molecule has 0 aliphatic rings. The zero-order valence-corrected chi connectivity index (χ0v) is 16.8. The molecule has 2 N–H and O–H groups in total. The van der Waals surface area contributed by atoms with Gasteiger partial charge in [-0.25, -0.2) is 0 Å². The molecule has 7 heteroatoms. The van der Waals surface area contributed by atoms with Crippen LogP contribution >= 0.6 is 11.6 Å². The SMILES string of the molecule is COc1cc(C=C(Cl)C(=O)c2ccc(N)c(N(C)C)c2)cc(OC)c1OC. The number of nitrogen functional groups attached to an aromatic ring is 1. The average molecular weight is 391 g/mol. The van der Waals surface area contributed by atoms with Crippen molar-refractivity contribution in [1.29, 1.82) is 0 Å². The number of benzene rings is 2. The fourth-order valence-corrected chi connectivity index (χ4v) is 2.84. The number of carbonyl (C=O) groups excluding carboxylic acids is 1. The Morgan fingerprint density at radius 3 is 2.11 bits per heavy atom. The van der Waals surface area contributed by atoms with Crippen LogP contribution in [0.2, 0.25) is 0 Å². The molecule has 0 radical (unpaired) electrons. The van der Waals surface area contributed by atoms with Gasteiger partial charge in [0.25, 0.3) is 0 Å². The Kier molecular flexibility index (Phi) is 6.58. The van der Waals surface area contributed by atoms with Crippen molar-refractivity contribution >= 4 is 34.8 Å². The van der Waals surface area contributed by atoms with Gasteiger partial charge < -0.3 is 24.8 Å². The van der Waals surface area contributed by atoms with E-state index in [0.29, 0.717) is 34.1 Å². The maximum Gasteiger partial charge on any atom is 0.204 e. The topological polar surface area (TPSA) is 74.0 Å². The molecular formula is C20H23ClN2O4. The lowest BCUT2D eigenvalue weighted by Gasteiger charge is -2.16. The third-order valence-electron chi connectivity index (χ3n) is 3.97. The molecule has 0 amide bonds. The second-order valence-electron chi connectivity index (χ2n) is 5.95. The van der Waals surface area contributed by atoms with Crippen LogP contribution in [0.4, 0.5) is 11.4 Å².